The Morgan fingerprint density at radius 3 is 2.29 bits per heavy atom. The summed E-state index contributed by atoms with van der Waals surface area (Å²) in [5.74, 6) is 2.00. The van der Waals surface area contributed by atoms with Gasteiger partial charge in [0.25, 0.3) is 0 Å². The molecule has 1 atom stereocenters. The lowest BCUT2D eigenvalue weighted by Crippen LogP contribution is -2.44. The van der Waals surface area contributed by atoms with Gasteiger partial charge in [0.05, 0.1) is 27.4 Å². The van der Waals surface area contributed by atoms with E-state index in [4.69, 9.17) is 14.2 Å². The molecule has 5 heteroatoms. The van der Waals surface area contributed by atoms with Gasteiger partial charge in [-0.05, 0) is 12.1 Å². The second kappa shape index (κ2) is 7.33. The number of nitrogens with one attached hydrogen (secondary N) is 1. The number of benzene rings is 1. The first-order chi connectivity index (χ1) is 10.3. The molecule has 116 valence electrons. The number of ether oxygens (including phenoxy) is 3. The Morgan fingerprint density at radius 2 is 1.76 bits per heavy atom. The van der Waals surface area contributed by atoms with Crippen LogP contribution in [0, 0.1) is 0 Å². The molecule has 1 fully saturated rings. The summed E-state index contributed by atoms with van der Waals surface area (Å²) < 4.78 is 16.4. The third-order valence-electron chi connectivity index (χ3n) is 3.82. The van der Waals surface area contributed by atoms with Crippen molar-refractivity contribution in [1.29, 1.82) is 0 Å². The highest BCUT2D eigenvalue weighted by Crippen LogP contribution is 2.43. The van der Waals surface area contributed by atoms with E-state index in [1.165, 1.54) is 0 Å². The maximum absolute atomic E-state index is 5.59. The first-order valence-corrected chi connectivity index (χ1v) is 7.13. The van der Waals surface area contributed by atoms with Crippen molar-refractivity contribution >= 4 is 0 Å². The van der Waals surface area contributed by atoms with E-state index in [0.717, 1.165) is 31.7 Å². The van der Waals surface area contributed by atoms with Gasteiger partial charge >= 0.3 is 0 Å². The Kier molecular flexibility index (Phi) is 5.47. The Balaban J connectivity index is 2.42. The van der Waals surface area contributed by atoms with Gasteiger partial charge in [0.1, 0.15) is 0 Å². The Hall–Kier alpha value is -1.72. The van der Waals surface area contributed by atoms with Crippen molar-refractivity contribution in [1.82, 2.24) is 10.2 Å². The average molecular weight is 292 g/mol. The topological polar surface area (TPSA) is 43.0 Å². The third-order valence-corrected chi connectivity index (χ3v) is 3.82. The summed E-state index contributed by atoms with van der Waals surface area (Å²) in [5.41, 5.74) is 1.05. The summed E-state index contributed by atoms with van der Waals surface area (Å²) >= 11 is 0. The van der Waals surface area contributed by atoms with E-state index in [-0.39, 0.29) is 6.04 Å². The highest BCUT2D eigenvalue weighted by molar-refractivity contribution is 5.57. The highest BCUT2D eigenvalue weighted by Gasteiger charge is 2.25. The zero-order valence-corrected chi connectivity index (χ0v) is 13.0. The first-order valence-electron chi connectivity index (χ1n) is 7.13. The maximum Gasteiger partial charge on any atom is 0.203 e. The molecule has 0 unspecified atom stereocenters. The van der Waals surface area contributed by atoms with Crippen LogP contribution in [0.2, 0.25) is 0 Å². The normalized spacial score (nSPS) is 17.1. The molecule has 0 radical (unpaired) electrons. The quantitative estimate of drug-likeness (QED) is 0.811. The van der Waals surface area contributed by atoms with Crippen LogP contribution < -0.4 is 19.5 Å². The minimum atomic E-state index is 0.0989. The van der Waals surface area contributed by atoms with Gasteiger partial charge in [0, 0.05) is 31.7 Å². The van der Waals surface area contributed by atoms with Crippen LogP contribution in [0.3, 0.4) is 0 Å². The number of nitrogens with zero attached hydrogens (tertiary/aromatic N) is 1. The number of methoxy groups -OCH3 is 3. The van der Waals surface area contributed by atoms with Crippen molar-refractivity contribution in [2.24, 2.45) is 0 Å². The molecule has 1 aromatic carbocycles. The summed E-state index contributed by atoms with van der Waals surface area (Å²) in [6.45, 7) is 7.93. The fraction of sp³-hybridized carbons (Fsp3) is 0.500. The minimum Gasteiger partial charge on any atom is -0.493 e. The van der Waals surface area contributed by atoms with Crippen molar-refractivity contribution in [3.63, 3.8) is 0 Å². The van der Waals surface area contributed by atoms with Crippen LogP contribution in [0.5, 0.6) is 17.2 Å². The van der Waals surface area contributed by atoms with Crippen molar-refractivity contribution in [2.45, 2.75) is 6.04 Å². The van der Waals surface area contributed by atoms with Crippen LogP contribution in [0.1, 0.15) is 11.6 Å². The molecular formula is C16H24N2O3. The summed E-state index contributed by atoms with van der Waals surface area (Å²) in [6.07, 6.45) is 1.95. The molecule has 0 aliphatic carbocycles. The molecule has 21 heavy (non-hydrogen) atoms. The van der Waals surface area contributed by atoms with Crippen molar-refractivity contribution in [2.75, 3.05) is 47.5 Å². The lowest BCUT2D eigenvalue weighted by atomic mass is 10.0. The van der Waals surface area contributed by atoms with Gasteiger partial charge in [-0.15, -0.1) is 6.58 Å². The van der Waals surface area contributed by atoms with Crippen molar-refractivity contribution < 1.29 is 14.2 Å². The fourth-order valence-corrected chi connectivity index (χ4v) is 2.79. The van der Waals surface area contributed by atoms with Gasteiger partial charge in [-0.1, -0.05) is 6.08 Å². The molecule has 0 bridgehead atoms. The van der Waals surface area contributed by atoms with E-state index < -0.39 is 0 Å². The predicted octanol–water partition coefficient (Wildman–Crippen LogP) is 1.84. The van der Waals surface area contributed by atoms with Gasteiger partial charge in [-0.3, -0.25) is 4.90 Å². The van der Waals surface area contributed by atoms with E-state index in [9.17, 15) is 0 Å². The molecule has 1 aromatic rings. The first kappa shape index (κ1) is 15.7. The zero-order valence-electron chi connectivity index (χ0n) is 13.0. The van der Waals surface area contributed by atoms with Crippen LogP contribution in [-0.2, 0) is 0 Å². The van der Waals surface area contributed by atoms with Crippen LogP contribution in [0.25, 0.3) is 0 Å². The number of hydrogen-bond donors (Lipinski definition) is 1. The number of rotatable bonds is 6. The maximum atomic E-state index is 5.59. The second-order valence-corrected chi connectivity index (χ2v) is 4.89. The summed E-state index contributed by atoms with van der Waals surface area (Å²) in [7, 11) is 4.90. The van der Waals surface area contributed by atoms with Crippen LogP contribution in [-0.4, -0.2) is 52.4 Å². The van der Waals surface area contributed by atoms with Gasteiger partial charge in [0.15, 0.2) is 11.5 Å². The fourth-order valence-electron chi connectivity index (χ4n) is 2.79. The van der Waals surface area contributed by atoms with Crippen LogP contribution in [0.4, 0.5) is 0 Å². The lowest BCUT2D eigenvalue weighted by molar-refractivity contribution is 0.199. The SMILES string of the molecule is C=C[C@H](c1ccc(OC)c(OC)c1OC)N1CCNCC1. The number of piperazine rings is 1. The zero-order chi connectivity index (χ0) is 15.2. The van der Waals surface area contributed by atoms with E-state index in [2.05, 4.69) is 16.8 Å². The smallest absolute Gasteiger partial charge is 0.203 e. The lowest BCUT2D eigenvalue weighted by Gasteiger charge is -2.34. The minimum absolute atomic E-state index is 0.0989. The van der Waals surface area contributed by atoms with Crippen molar-refractivity contribution in [3.05, 3.63) is 30.4 Å². The Bertz CT molecular complexity index is 485. The summed E-state index contributed by atoms with van der Waals surface area (Å²) in [6, 6.07) is 4.03. The summed E-state index contributed by atoms with van der Waals surface area (Å²) in [4.78, 5) is 2.38. The molecule has 2 rings (SSSR count). The van der Waals surface area contributed by atoms with Gasteiger partial charge in [0.2, 0.25) is 5.75 Å². The molecule has 1 heterocycles. The number of hydrogen-bond acceptors (Lipinski definition) is 5. The van der Waals surface area contributed by atoms with Gasteiger partial charge in [-0.2, -0.15) is 0 Å². The standard InChI is InChI=1S/C16H24N2O3/c1-5-13(18-10-8-17-9-11-18)12-6-7-14(19-2)16(21-4)15(12)20-3/h5-7,13,17H,1,8-11H2,2-4H3/t13-/m1/s1. The molecule has 1 saturated heterocycles. The van der Waals surface area contributed by atoms with Crippen LogP contribution in [0.15, 0.2) is 24.8 Å². The average Bonchev–Trinajstić information content (AvgIpc) is 2.55. The van der Waals surface area contributed by atoms with Crippen LogP contribution >= 0.6 is 0 Å². The molecular weight excluding hydrogens is 268 g/mol. The third kappa shape index (κ3) is 3.14. The monoisotopic (exact) mass is 292 g/mol. The second-order valence-electron chi connectivity index (χ2n) is 4.89. The molecule has 0 aromatic heterocycles. The van der Waals surface area contributed by atoms with Crippen molar-refractivity contribution in [3.8, 4) is 17.2 Å². The Morgan fingerprint density at radius 1 is 1.10 bits per heavy atom. The largest absolute Gasteiger partial charge is 0.493 e. The van der Waals surface area contributed by atoms with E-state index in [1.54, 1.807) is 21.3 Å². The van der Waals surface area contributed by atoms with E-state index in [1.807, 2.05) is 18.2 Å². The molecule has 1 aliphatic heterocycles. The van der Waals surface area contributed by atoms with E-state index >= 15 is 0 Å². The molecule has 1 N–H and O–H groups in total. The molecule has 5 nitrogen and oxygen atoms in total. The molecule has 0 amide bonds. The predicted molar refractivity (Wildman–Crippen MR) is 83.5 cm³/mol. The molecule has 1 aliphatic rings. The van der Waals surface area contributed by atoms with Gasteiger partial charge < -0.3 is 19.5 Å². The Labute approximate surface area is 126 Å². The molecule has 0 saturated carbocycles. The summed E-state index contributed by atoms with van der Waals surface area (Å²) in [5, 5.41) is 3.36. The van der Waals surface area contributed by atoms with E-state index in [0.29, 0.717) is 17.2 Å². The molecule has 0 spiro atoms. The highest BCUT2D eigenvalue weighted by atomic mass is 16.5. The van der Waals surface area contributed by atoms with Gasteiger partial charge in [-0.25, -0.2) is 0 Å².